The van der Waals surface area contributed by atoms with Gasteiger partial charge < -0.3 is 9.84 Å². The third-order valence-electron chi connectivity index (χ3n) is 2.77. The summed E-state index contributed by atoms with van der Waals surface area (Å²) in [5, 5.41) is 9.24. The summed E-state index contributed by atoms with van der Waals surface area (Å²) < 4.78 is 4.85. The van der Waals surface area contributed by atoms with E-state index in [1.807, 2.05) is 6.07 Å². The van der Waals surface area contributed by atoms with Crippen LogP contribution in [0, 0.1) is 0 Å². The number of carboxylic acid groups (broad SMARTS) is 1. The van der Waals surface area contributed by atoms with Crippen LogP contribution in [0.3, 0.4) is 0 Å². The molecule has 1 rings (SSSR count). The molecule has 0 saturated carbocycles. The van der Waals surface area contributed by atoms with E-state index in [2.05, 4.69) is 0 Å². The van der Waals surface area contributed by atoms with Gasteiger partial charge >= 0.3 is 11.9 Å². The van der Waals surface area contributed by atoms with Gasteiger partial charge in [-0.3, -0.25) is 4.79 Å². The molecule has 21 heavy (non-hydrogen) atoms. The van der Waals surface area contributed by atoms with E-state index < -0.39 is 5.97 Å². The van der Waals surface area contributed by atoms with Crippen LogP contribution in [0.5, 0.6) is 0 Å². The number of benzene rings is 1. The van der Waals surface area contributed by atoms with Gasteiger partial charge in [-0.05, 0) is 43.7 Å². The number of thioether (sulfide) groups is 1. The van der Waals surface area contributed by atoms with Gasteiger partial charge in [0.25, 0.3) is 0 Å². The summed E-state index contributed by atoms with van der Waals surface area (Å²) in [6, 6.07) is 5.01. The van der Waals surface area contributed by atoms with Crippen molar-refractivity contribution in [3.05, 3.63) is 28.8 Å². The maximum Gasteiger partial charge on any atom is 0.337 e. The fraction of sp³-hybridized carbons (Fsp3) is 0.467. The van der Waals surface area contributed by atoms with Crippen molar-refractivity contribution in [3.63, 3.8) is 0 Å². The predicted octanol–water partition coefficient (Wildman–Crippen LogP) is 4.25. The van der Waals surface area contributed by atoms with E-state index in [0.29, 0.717) is 13.0 Å². The molecular weight excluding hydrogens is 312 g/mol. The summed E-state index contributed by atoms with van der Waals surface area (Å²) in [5.74, 6) is -0.283. The molecule has 0 amide bonds. The molecule has 0 aliphatic carbocycles. The van der Waals surface area contributed by atoms with Crippen molar-refractivity contribution in [1.82, 2.24) is 0 Å². The first-order valence-electron chi connectivity index (χ1n) is 6.86. The number of carbonyl (C=O) groups is 2. The lowest BCUT2D eigenvalue weighted by molar-refractivity contribution is -0.143. The second kappa shape index (κ2) is 9.68. The normalized spacial score (nSPS) is 10.4. The third kappa shape index (κ3) is 6.87. The molecule has 1 aromatic carbocycles. The summed E-state index contributed by atoms with van der Waals surface area (Å²) >= 11 is 7.41. The SMILES string of the molecule is CCOC(=O)CCCCCSc1ccc(Cl)c(C(=O)O)c1. The van der Waals surface area contributed by atoms with Crippen molar-refractivity contribution in [2.45, 2.75) is 37.5 Å². The van der Waals surface area contributed by atoms with Crippen molar-refractivity contribution in [1.29, 1.82) is 0 Å². The van der Waals surface area contributed by atoms with Crippen LogP contribution in [0.15, 0.2) is 23.1 Å². The minimum Gasteiger partial charge on any atom is -0.478 e. The maximum absolute atomic E-state index is 11.1. The first kappa shape index (κ1) is 17.9. The predicted molar refractivity (Wildman–Crippen MR) is 84.2 cm³/mol. The Morgan fingerprint density at radius 1 is 1.29 bits per heavy atom. The van der Waals surface area contributed by atoms with Gasteiger partial charge in [-0.2, -0.15) is 0 Å². The zero-order valence-corrected chi connectivity index (χ0v) is 13.5. The van der Waals surface area contributed by atoms with E-state index >= 15 is 0 Å². The lowest BCUT2D eigenvalue weighted by atomic mass is 10.2. The minimum atomic E-state index is -1.02. The van der Waals surface area contributed by atoms with Crippen LogP contribution in [0.1, 0.15) is 43.0 Å². The van der Waals surface area contributed by atoms with Crippen LogP contribution in [0.2, 0.25) is 5.02 Å². The third-order valence-corrected chi connectivity index (χ3v) is 4.18. The van der Waals surface area contributed by atoms with Gasteiger partial charge in [0.15, 0.2) is 0 Å². The zero-order chi connectivity index (χ0) is 15.7. The highest BCUT2D eigenvalue weighted by molar-refractivity contribution is 7.99. The molecule has 0 atom stereocenters. The molecule has 0 fully saturated rings. The largest absolute Gasteiger partial charge is 0.478 e. The Bertz CT molecular complexity index is 491. The molecule has 0 heterocycles. The van der Waals surface area contributed by atoms with Crippen molar-refractivity contribution in [3.8, 4) is 0 Å². The quantitative estimate of drug-likeness (QED) is 0.416. The van der Waals surface area contributed by atoms with E-state index in [9.17, 15) is 9.59 Å². The Morgan fingerprint density at radius 2 is 2.05 bits per heavy atom. The second-order valence-electron chi connectivity index (χ2n) is 4.41. The average Bonchev–Trinajstić information content (AvgIpc) is 2.44. The molecule has 0 bridgehead atoms. The van der Waals surface area contributed by atoms with Gasteiger partial charge in [0.1, 0.15) is 0 Å². The highest BCUT2D eigenvalue weighted by Crippen LogP contribution is 2.25. The van der Waals surface area contributed by atoms with Crippen LogP contribution >= 0.6 is 23.4 Å². The first-order valence-corrected chi connectivity index (χ1v) is 8.22. The average molecular weight is 331 g/mol. The fourth-order valence-corrected chi connectivity index (χ4v) is 2.88. The summed E-state index contributed by atoms with van der Waals surface area (Å²) in [6.07, 6.45) is 3.20. The lowest BCUT2D eigenvalue weighted by Gasteiger charge is -2.05. The molecule has 0 saturated heterocycles. The Balaban J connectivity index is 2.26. The van der Waals surface area contributed by atoms with Crippen LogP contribution < -0.4 is 0 Å². The molecule has 0 aliphatic rings. The smallest absolute Gasteiger partial charge is 0.337 e. The molecular formula is C15H19ClO4S. The number of esters is 1. The summed E-state index contributed by atoms with van der Waals surface area (Å²) in [4.78, 5) is 23.0. The minimum absolute atomic E-state index is 0.129. The summed E-state index contributed by atoms with van der Waals surface area (Å²) in [6.45, 7) is 2.23. The summed E-state index contributed by atoms with van der Waals surface area (Å²) in [5.41, 5.74) is 0.129. The first-order chi connectivity index (χ1) is 10.0. The van der Waals surface area contributed by atoms with Crippen LogP contribution in [-0.2, 0) is 9.53 Å². The molecule has 116 valence electrons. The molecule has 0 unspecified atom stereocenters. The Labute approximate surface area is 133 Å². The lowest BCUT2D eigenvalue weighted by Crippen LogP contribution is -2.03. The van der Waals surface area contributed by atoms with Crippen molar-refractivity contribution in [2.75, 3.05) is 12.4 Å². The van der Waals surface area contributed by atoms with Crippen molar-refractivity contribution >= 4 is 35.3 Å². The number of carboxylic acids is 1. The summed E-state index contributed by atoms with van der Waals surface area (Å²) in [7, 11) is 0. The molecule has 0 radical (unpaired) electrons. The molecule has 6 heteroatoms. The Morgan fingerprint density at radius 3 is 2.71 bits per heavy atom. The van der Waals surface area contributed by atoms with Crippen LogP contribution in [0.25, 0.3) is 0 Å². The van der Waals surface area contributed by atoms with E-state index in [1.165, 1.54) is 0 Å². The second-order valence-corrected chi connectivity index (χ2v) is 5.99. The van der Waals surface area contributed by atoms with E-state index in [0.717, 1.165) is 29.9 Å². The number of ether oxygens (including phenoxy) is 1. The number of hydrogen-bond acceptors (Lipinski definition) is 4. The fourth-order valence-electron chi connectivity index (χ4n) is 1.73. The van der Waals surface area contributed by atoms with E-state index in [1.54, 1.807) is 30.8 Å². The number of rotatable bonds is 9. The van der Waals surface area contributed by atoms with Gasteiger partial charge in [-0.1, -0.05) is 18.0 Å². The number of halogens is 1. The Hall–Kier alpha value is -1.20. The monoisotopic (exact) mass is 330 g/mol. The van der Waals surface area contributed by atoms with Crippen LogP contribution in [0.4, 0.5) is 0 Å². The van der Waals surface area contributed by atoms with Gasteiger partial charge in [0.2, 0.25) is 0 Å². The van der Waals surface area contributed by atoms with Gasteiger partial charge in [0, 0.05) is 11.3 Å². The topological polar surface area (TPSA) is 63.6 Å². The molecule has 1 N–H and O–H groups in total. The zero-order valence-electron chi connectivity index (χ0n) is 11.9. The molecule has 0 aromatic heterocycles. The van der Waals surface area contributed by atoms with E-state index in [4.69, 9.17) is 21.4 Å². The molecule has 0 aliphatic heterocycles. The number of unbranched alkanes of at least 4 members (excludes halogenated alkanes) is 2. The van der Waals surface area contributed by atoms with E-state index in [-0.39, 0.29) is 16.6 Å². The van der Waals surface area contributed by atoms with Crippen molar-refractivity contribution in [2.24, 2.45) is 0 Å². The molecule has 1 aromatic rings. The molecule has 4 nitrogen and oxygen atoms in total. The number of carbonyl (C=O) groups excluding carboxylic acids is 1. The number of aromatic carboxylic acids is 1. The standard InChI is InChI=1S/C15H19ClO4S/c1-2-20-14(17)6-4-3-5-9-21-11-7-8-13(16)12(10-11)15(18)19/h7-8,10H,2-6,9H2,1H3,(H,18,19). The van der Waals surface area contributed by atoms with Crippen LogP contribution in [-0.4, -0.2) is 29.4 Å². The maximum atomic E-state index is 11.1. The van der Waals surface area contributed by atoms with Crippen molar-refractivity contribution < 1.29 is 19.4 Å². The highest BCUT2D eigenvalue weighted by atomic mass is 35.5. The van der Waals surface area contributed by atoms with Gasteiger partial charge in [-0.25, -0.2) is 4.79 Å². The highest BCUT2D eigenvalue weighted by Gasteiger charge is 2.09. The number of hydrogen-bond donors (Lipinski definition) is 1. The van der Waals surface area contributed by atoms with Gasteiger partial charge in [-0.15, -0.1) is 11.8 Å². The molecule has 0 spiro atoms. The Kier molecular flexibility index (Phi) is 8.23. The van der Waals surface area contributed by atoms with Gasteiger partial charge in [0.05, 0.1) is 17.2 Å².